The maximum Gasteiger partial charge on any atom is 0.245 e. The van der Waals surface area contributed by atoms with Crippen LogP contribution in [0.5, 0.6) is 11.6 Å². The number of hydrogen-bond acceptors (Lipinski definition) is 4. The van der Waals surface area contributed by atoms with Crippen molar-refractivity contribution in [2.75, 3.05) is 5.73 Å². The van der Waals surface area contributed by atoms with Gasteiger partial charge in [0, 0.05) is 16.9 Å². The molecule has 0 aliphatic heterocycles. The van der Waals surface area contributed by atoms with Crippen molar-refractivity contribution in [2.45, 2.75) is 6.92 Å². The third-order valence-electron chi connectivity index (χ3n) is 2.76. The van der Waals surface area contributed by atoms with Crippen LogP contribution in [0.15, 0.2) is 41.3 Å². The van der Waals surface area contributed by atoms with E-state index in [0.29, 0.717) is 17.3 Å². The molecule has 2 N–H and O–H groups in total. The van der Waals surface area contributed by atoms with Crippen LogP contribution in [0, 0.1) is 6.92 Å². The predicted octanol–water partition coefficient (Wildman–Crippen LogP) is 3.17. The largest absolute Gasteiger partial charge is 0.435 e. The molecule has 0 saturated heterocycles. The van der Waals surface area contributed by atoms with Gasteiger partial charge in [-0.15, -0.1) is 0 Å². The van der Waals surface area contributed by atoms with Crippen LogP contribution < -0.4 is 10.5 Å². The highest BCUT2D eigenvalue weighted by molar-refractivity contribution is 9.10. The molecular weight excluding hydrogens is 308 g/mol. The third-order valence-corrected chi connectivity index (χ3v) is 3.21. The molecule has 0 radical (unpaired) electrons. The molecule has 2 aromatic heterocycles. The second-order valence-corrected chi connectivity index (χ2v) is 5.05. The van der Waals surface area contributed by atoms with Gasteiger partial charge in [0.25, 0.3) is 0 Å². The lowest BCUT2D eigenvalue weighted by Crippen LogP contribution is -1.98. The molecule has 5 nitrogen and oxygen atoms in total. The topological polar surface area (TPSA) is 65.4 Å². The molecule has 96 valence electrons. The summed E-state index contributed by atoms with van der Waals surface area (Å²) in [5.74, 6) is 1.10. The summed E-state index contributed by atoms with van der Waals surface area (Å²) < 4.78 is 8.47. The fourth-order valence-electron chi connectivity index (χ4n) is 1.90. The van der Waals surface area contributed by atoms with Crippen molar-refractivity contribution in [3.05, 3.63) is 46.8 Å². The van der Waals surface area contributed by atoms with Gasteiger partial charge in [-0.2, -0.15) is 5.10 Å². The number of rotatable bonds is 2. The molecule has 0 spiro atoms. The zero-order chi connectivity index (χ0) is 13.4. The Morgan fingerprint density at radius 2 is 2.16 bits per heavy atom. The van der Waals surface area contributed by atoms with Gasteiger partial charge in [-0.1, -0.05) is 15.9 Å². The van der Waals surface area contributed by atoms with Crippen molar-refractivity contribution in [3.63, 3.8) is 0 Å². The molecule has 19 heavy (non-hydrogen) atoms. The second-order valence-electron chi connectivity index (χ2n) is 4.14. The molecular formula is C13H11BrN4O. The summed E-state index contributed by atoms with van der Waals surface area (Å²) in [5.41, 5.74) is 8.28. The summed E-state index contributed by atoms with van der Waals surface area (Å²) in [5, 5.41) is 4.14. The van der Waals surface area contributed by atoms with Crippen molar-refractivity contribution >= 4 is 27.1 Å². The number of halogens is 1. The summed E-state index contributed by atoms with van der Waals surface area (Å²) in [7, 11) is 0. The lowest BCUT2D eigenvalue weighted by Gasteiger charge is -2.11. The first kappa shape index (κ1) is 12.0. The molecule has 0 aliphatic carbocycles. The van der Waals surface area contributed by atoms with Gasteiger partial charge in [0.15, 0.2) is 5.75 Å². The van der Waals surface area contributed by atoms with Crippen LogP contribution in [0.3, 0.4) is 0 Å². The normalized spacial score (nSPS) is 10.8. The number of benzene rings is 1. The Labute approximate surface area is 118 Å². The van der Waals surface area contributed by atoms with E-state index in [2.05, 4.69) is 26.0 Å². The molecule has 3 rings (SSSR count). The van der Waals surface area contributed by atoms with Crippen LogP contribution in [0.1, 0.15) is 5.56 Å². The van der Waals surface area contributed by atoms with Crippen molar-refractivity contribution in [3.8, 4) is 11.6 Å². The van der Waals surface area contributed by atoms with E-state index in [1.807, 2.05) is 19.1 Å². The monoisotopic (exact) mass is 318 g/mol. The first-order chi connectivity index (χ1) is 9.15. The molecule has 3 aromatic rings. The van der Waals surface area contributed by atoms with Gasteiger partial charge in [-0.3, -0.25) is 0 Å². The highest BCUT2D eigenvalue weighted by Crippen LogP contribution is 2.34. The van der Waals surface area contributed by atoms with Gasteiger partial charge in [0.1, 0.15) is 5.52 Å². The van der Waals surface area contributed by atoms with E-state index in [1.165, 1.54) is 0 Å². The fourth-order valence-corrected chi connectivity index (χ4v) is 2.49. The van der Waals surface area contributed by atoms with E-state index in [4.69, 9.17) is 10.5 Å². The number of anilines is 1. The molecule has 0 aliphatic rings. The predicted molar refractivity (Wildman–Crippen MR) is 76.4 cm³/mol. The number of ether oxygens (including phenoxy) is 1. The van der Waals surface area contributed by atoms with Gasteiger partial charge in [0.05, 0.1) is 11.9 Å². The standard InChI is InChI=1S/C13H11BrN4O/c1-8-6-9(14)7-10(15)12(8)19-13-11-2-3-17-18(11)5-4-16-13/h2-7H,15H2,1H3. The van der Waals surface area contributed by atoms with Gasteiger partial charge in [-0.05, 0) is 30.7 Å². The van der Waals surface area contributed by atoms with Gasteiger partial charge < -0.3 is 10.5 Å². The molecule has 0 saturated carbocycles. The molecule has 0 fully saturated rings. The zero-order valence-corrected chi connectivity index (χ0v) is 11.8. The lowest BCUT2D eigenvalue weighted by molar-refractivity contribution is 0.464. The zero-order valence-electron chi connectivity index (χ0n) is 10.2. The number of aromatic nitrogens is 3. The van der Waals surface area contributed by atoms with Crippen LogP contribution >= 0.6 is 15.9 Å². The van der Waals surface area contributed by atoms with E-state index < -0.39 is 0 Å². The van der Waals surface area contributed by atoms with E-state index in [9.17, 15) is 0 Å². The molecule has 6 heteroatoms. The van der Waals surface area contributed by atoms with Crippen LogP contribution in [0.2, 0.25) is 0 Å². The van der Waals surface area contributed by atoms with Crippen molar-refractivity contribution in [1.29, 1.82) is 0 Å². The SMILES string of the molecule is Cc1cc(Br)cc(N)c1Oc1nccn2nccc12. The van der Waals surface area contributed by atoms with Gasteiger partial charge in [-0.25, -0.2) is 9.50 Å². The van der Waals surface area contributed by atoms with E-state index >= 15 is 0 Å². The fraction of sp³-hybridized carbons (Fsp3) is 0.0769. The Balaban J connectivity index is 2.09. The Morgan fingerprint density at radius 1 is 1.32 bits per heavy atom. The minimum Gasteiger partial charge on any atom is -0.435 e. The summed E-state index contributed by atoms with van der Waals surface area (Å²) in [6, 6.07) is 5.59. The van der Waals surface area contributed by atoms with Crippen molar-refractivity contribution < 1.29 is 4.74 Å². The number of fused-ring (bicyclic) bond motifs is 1. The minimum absolute atomic E-state index is 0.483. The molecule has 1 aromatic carbocycles. The van der Waals surface area contributed by atoms with Gasteiger partial charge in [0.2, 0.25) is 5.88 Å². The van der Waals surface area contributed by atoms with E-state index in [1.54, 1.807) is 29.2 Å². The maximum absolute atomic E-state index is 5.98. The van der Waals surface area contributed by atoms with Crippen LogP contribution in [-0.2, 0) is 0 Å². The second kappa shape index (κ2) is 4.55. The molecule has 0 bridgehead atoms. The van der Waals surface area contributed by atoms with Crippen LogP contribution in [-0.4, -0.2) is 14.6 Å². The molecule has 0 amide bonds. The number of aryl methyl sites for hydroxylation is 1. The van der Waals surface area contributed by atoms with Crippen molar-refractivity contribution in [1.82, 2.24) is 14.6 Å². The highest BCUT2D eigenvalue weighted by Gasteiger charge is 2.11. The highest BCUT2D eigenvalue weighted by atomic mass is 79.9. The van der Waals surface area contributed by atoms with Crippen LogP contribution in [0.4, 0.5) is 5.69 Å². The molecule has 0 atom stereocenters. The summed E-state index contributed by atoms with van der Waals surface area (Å²) in [6.45, 7) is 1.94. The van der Waals surface area contributed by atoms with E-state index in [0.717, 1.165) is 15.6 Å². The Kier molecular flexibility index (Phi) is 2.87. The Hall–Kier alpha value is -2.08. The third kappa shape index (κ3) is 2.15. The molecule has 2 heterocycles. The number of nitrogens with two attached hydrogens (primary N) is 1. The lowest BCUT2D eigenvalue weighted by atomic mass is 10.2. The molecule has 0 unspecified atom stereocenters. The minimum atomic E-state index is 0.483. The number of hydrogen-bond donors (Lipinski definition) is 1. The first-order valence-corrected chi connectivity index (χ1v) is 6.46. The summed E-state index contributed by atoms with van der Waals surface area (Å²) >= 11 is 3.40. The van der Waals surface area contributed by atoms with Crippen LogP contribution in [0.25, 0.3) is 5.52 Å². The average molecular weight is 319 g/mol. The van der Waals surface area contributed by atoms with Crippen molar-refractivity contribution in [2.24, 2.45) is 0 Å². The maximum atomic E-state index is 5.98. The quantitative estimate of drug-likeness (QED) is 0.737. The number of nitrogens with zero attached hydrogens (tertiary/aromatic N) is 3. The average Bonchev–Trinajstić information content (AvgIpc) is 2.82. The summed E-state index contributed by atoms with van der Waals surface area (Å²) in [4.78, 5) is 4.23. The Morgan fingerprint density at radius 3 is 2.95 bits per heavy atom. The smallest absolute Gasteiger partial charge is 0.245 e. The number of nitrogen functional groups attached to an aromatic ring is 1. The Bertz CT molecular complexity index is 730. The van der Waals surface area contributed by atoms with E-state index in [-0.39, 0.29) is 0 Å². The summed E-state index contributed by atoms with van der Waals surface area (Å²) in [6.07, 6.45) is 5.10. The van der Waals surface area contributed by atoms with Gasteiger partial charge >= 0.3 is 0 Å². The first-order valence-electron chi connectivity index (χ1n) is 5.67.